The van der Waals surface area contributed by atoms with Crippen molar-refractivity contribution in [1.29, 1.82) is 0 Å². The zero-order valence-electron chi connectivity index (χ0n) is 16.6. The van der Waals surface area contributed by atoms with Gasteiger partial charge in [-0.2, -0.15) is 0 Å². The Labute approximate surface area is 186 Å². The number of benzene rings is 2. The maximum absolute atomic E-state index is 13.3. The van der Waals surface area contributed by atoms with Gasteiger partial charge < -0.3 is 15.3 Å². The Hall–Kier alpha value is -1.79. The van der Waals surface area contributed by atoms with Gasteiger partial charge in [-0.15, -0.1) is 0 Å². The molecule has 2 saturated heterocycles. The Balaban J connectivity index is 1.30. The van der Waals surface area contributed by atoms with Gasteiger partial charge in [0, 0.05) is 34.9 Å². The number of piperidine rings is 1. The van der Waals surface area contributed by atoms with Crippen molar-refractivity contribution in [3.63, 3.8) is 0 Å². The minimum absolute atomic E-state index is 0.106. The van der Waals surface area contributed by atoms with Crippen LogP contribution in [0.1, 0.15) is 37.3 Å². The molecule has 1 saturated carbocycles. The summed E-state index contributed by atoms with van der Waals surface area (Å²) in [6, 6.07) is 15.7. The van der Waals surface area contributed by atoms with E-state index in [0.29, 0.717) is 29.2 Å². The predicted molar refractivity (Wildman–Crippen MR) is 118 cm³/mol. The van der Waals surface area contributed by atoms with Crippen LogP contribution in [0.25, 0.3) is 0 Å². The third-order valence-electron chi connectivity index (χ3n) is 6.74. The van der Waals surface area contributed by atoms with Crippen molar-refractivity contribution in [3.8, 4) is 0 Å². The highest BCUT2D eigenvalue weighted by molar-refractivity contribution is 6.31. The van der Waals surface area contributed by atoms with E-state index in [9.17, 15) is 9.90 Å². The fraction of sp³-hybridized carbons (Fsp3) is 0.435. The summed E-state index contributed by atoms with van der Waals surface area (Å²) in [6.45, 7) is 1.31. The summed E-state index contributed by atoms with van der Waals surface area (Å²) in [7, 11) is 0. The van der Waals surface area contributed by atoms with Gasteiger partial charge in [0.15, 0.2) is 6.35 Å². The van der Waals surface area contributed by atoms with Crippen molar-refractivity contribution in [2.75, 3.05) is 18.4 Å². The first-order chi connectivity index (χ1) is 14.5. The molecule has 158 valence electrons. The number of hydrogen-bond acceptors (Lipinski definition) is 4. The maximum atomic E-state index is 13.3. The molecule has 7 heteroatoms. The molecule has 2 aromatic carbocycles. The minimum atomic E-state index is -0.815. The molecule has 3 aliphatic rings. The van der Waals surface area contributed by atoms with Crippen LogP contribution in [-0.2, 0) is 4.79 Å². The summed E-state index contributed by atoms with van der Waals surface area (Å²) in [5.74, 6) is 0.280. The molecule has 5 rings (SSSR count). The molecule has 2 N–H and O–H groups in total. The Kier molecular flexibility index (Phi) is 5.18. The van der Waals surface area contributed by atoms with Crippen LogP contribution < -0.4 is 5.32 Å². The van der Waals surface area contributed by atoms with Gasteiger partial charge in [0.2, 0.25) is 5.91 Å². The second-order valence-electron chi connectivity index (χ2n) is 8.62. The summed E-state index contributed by atoms with van der Waals surface area (Å²) in [5.41, 5.74) is 1.56. The van der Waals surface area contributed by atoms with Crippen molar-refractivity contribution >= 4 is 34.8 Å². The molecule has 1 amide bonds. The summed E-state index contributed by atoms with van der Waals surface area (Å²) in [4.78, 5) is 17.3. The predicted octanol–water partition coefficient (Wildman–Crippen LogP) is 4.51. The molecule has 0 radical (unpaired) electrons. The molecule has 2 aliphatic heterocycles. The molecule has 2 heterocycles. The number of carbonyl (C=O) groups excluding carboxylic acids is 1. The number of amides is 1. The molecule has 5 nitrogen and oxygen atoms in total. The van der Waals surface area contributed by atoms with E-state index >= 15 is 0 Å². The SMILES string of the molecule is O=C1N(C2CC2)C(c2ccc(Cl)cc2)C12CCN(C(O)Nc1cccc(Cl)c1)CC2. The van der Waals surface area contributed by atoms with Gasteiger partial charge in [0.25, 0.3) is 0 Å². The number of carbonyl (C=O) groups is 1. The van der Waals surface area contributed by atoms with Crippen molar-refractivity contribution in [1.82, 2.24) is 9.80 Å². The van der Waals surface area contributed by atoms with Crippen LogP contribution in [-0.4, -0.2) is 46.3 Å². The zero-order valence-corrected chi connectivity index (χ0v) is 18.1. The number of anilines is 1. The number of aliphatic hydroxyl groups excluding tert-OH is 1. The highest BCUT2D eigenvalue weighted by Crippen LogP contribution is 2.59. The van der Waals surface area contributed by atoms with Crippen LogP contribution in [0.3, 0.4) is 0 Å². The third kappa shape index (κ3) is 3.48. The van der Waals surface area contributed by atoms with Gasteiger partial charge in [0.05, 0.1) is 11.5 Å². The summed E-state index contributed by atoms with van der Waals surface area (Å²) in [6.07, 6.45) is 2.85. The standard InChI is InChI=1S/C23H25Cl2N3O2/c24-16-6-4-15(5-7-16)20-23(21(29)28(20)19-8-9-19)10-12-27(13-11-23)22(30)26-18-3-1-2-17(25)14-18/h1-7,14,19-20,22,26,30H,8-13H2. The van der Waals surface area contributed by atoms with Crippen LogP contribution in [0.4, 0.5) is 5.69 Å². The topological polar surface area (TPSA) is 55.8 Å². The first kappa shape index (κ1) is 20.1. The number of hydrogen-bond donors (Lipinski definition) is 2. The normalized spacial score (nSPS) is 24.6. The molecule has 30 heavy (non-hydrogen) atoms. The smallest absolute Gasteiger partial charge is 0.232 e. The number of likely N-dealkylation sites (tertiary alicyclic amines) is 2. The van der Waals surface area contributed by atoms with E-state index in [0.717, 1.165) is 36.9 Å². The van der Waals surface area contributed by atoms with Gasteiger partial charge in [-0.3, -0.25) is 9.69 Å². The van der Waals surface area contributed by atoms with E-state index in [1.165, 1.54) is 0 Å². The van der Waals surface area contributed by atoms with Gasteiger partial charge in [-0.1, -0.05) is 41.4 Å². The van der Waals surface area contributed by atoms with Crippen LogP contribution in [0, 0.1) is 5.41 Å². The molecular weight excluding hydrogens is 421 g/mol. The molecule has 1 spiro atoms. The van der Waals surface area contributed by atoms with Crippen LogP contribution in [0.2, 0.25) is 10.0 Å². The molecule has 2 atom stereocenters. The Bertz CT molecular complexity index is 940. The van der Waals surface area contributed by atoms with Crippen molar-refractivity contribution in [3.05, 3.63) is 64.1 Å². The monoisotopic (exact) mass is 445 g/mol. The van der Waals surface area contributed by atoms with E-state index in [1.54, 1.807) is 12.1 Å². The molecular formula is C23H25Cl2N3O2. The van der Waals surface area contributed by atoms with Gasteiger partial charge >= 0.3 is 0 Å². The lowest BCUT2D eigenvalue weighted by Crippen LogP contribution is -2.67. The molecule has 0 aromatic heterocycles. The van der Waals surface area contributed by atoms with Crippen molar-refractivity contribution in [2.24, 2.45) is 5.41 Å². The molecule has 3 fully saturated rings. The van der Waals surface area contributed by atoms with Crippen molar-refractivity contribution in [2.45, 2.75) is 44.1 Å². The van der Waals surface area contributed by atoms with Crippen molar-refractivity contribution < 1.29 is 9.90 Å². The van der Waals surface area contributed by atoms with E-state index in [-0.39, 0.29) is 17.4 Å². The third-order valence-corrected chi connectivity index (χ3v) is 7.23. The van der Waals surface area contributed by atoms with Gasteiger partial charge in [-0.05, 0) is 61.6 Å². The van der Waals surface area contributed by atoms with E-state index in [2.05, 4.69) is 22.3 Å². The molecule has 2 aromatic rings. The lowest BCUT2D eigenvalue weighted by atomic mass is 9.62. The number of aliphatic hydroxyl groups is 1. The minimum Gasteiger partial charge on any atom is -0.361 e. The Morgan fingerprint density at radius 3 is 2.37 bits per heavy atom. The number of nitrogens with one attached hydrogen (secondary N) is 1. The summed E-state index contributed by atoms with van der Waals surface area (Å²) in [5, 5.41) is 15.1. The lowest BCUT2D eigenvalue weighted by molar-refractivity contribution is -0.184. The lowest BCUT2D eigenvalue weighted by Gasteiger charge is -2.59. The van der Waals surface area contributed by atoms with Crippen LogP contribution >= 0.6 is 23.2 Å². The van der Waals surface area contributed by atoms with Crippen LogP contribution in [0.5, 0.6) is 0 Å². The number of rotatable bonds is 5. The fourth-order valence-electron chi connectivity index (χ4n) is 5.02. The van der Waals surface area contributed by atoms with Crippen LogP contribution in [0.15, 0.2) is 48.5 Å². The second kappa shape index (κ2) is 7.72. The average molecular weight is 446 g/mol. The zero-order chi connectivity index (χ0) is 20.9. The molecule has 1 aliphatic carbocycles. The first-order valence-corrected chi connectivity index (χ1v) is 11.3. The molecule has 2 unspecified atom stereocenters. The largest absolute Gasteiger partial charge is 0.361 e. The fourth-order valence-corrected chi connectivity index (χ4v) is 5.34. The number of halogens is 2. The average Bonchev–Trinajstić information content (AvgIpc) is 3.57. The second-order valence-corrected chi connectivity index (χ2v) is 9.49. The number of nitrogens with zero attached hydrogens (tertiary/aromatic N) is 2. The highest BCUT2D eigenvalue weighted by Gasteiger charge is 2.64. The van der Waals surface area contributed by atoms with E-state index in [4.69, 9.17) is 23.2 Å². The summed E-state index contributed by atoms with van der Waals surface area (Å²) < 4.78 is 0. The summed E-state index contributed by atoms with van der Waals surface area (Å²) >= 11 is 12.1. The Morgan fingerprint density at radius 2 is 1.73 bits per heavy atom. The number of β-lactam (4-membered cyclic amide) rings is 1. The van der Waals surface area contributed by atoms with E-state index in [1.807, 2.05) is 29.2 Å². The highest BCUT2D eigenvalue weighted by atomic mass is 35.5. The first-order valence-electron chi connectivity index (χ1n) is 10.5. The van der Waals surface area contributed by atoms with Gasteiger partial charge in [-0.25, -0.2) is 0 Å². The molecule has 0 bridgehead atoms. The quantitative estimate of drug-likeness (QED) is 0.524. The maximum Gasteiger partial charge on any atom is 0.232 e. The Morgan fingerprint density at radius 1 is 1.03 bits per heavy atom. The van der Waals surface area contributed by atoms with Gasteiger partial charge in [0.1, 0.15) is 0 Å². The van der Waals surface area contributed by atoms with E-state index < -0.39 is 6.35 Å².